The van der Waals surface area contributed by atoms with E-state index in [2.05, 4.69) is 20.9 Å². The van der Waals surface area contributed by atoms with Crippen LogP contribution in [0, 0.1) is 0 Å². The van der Waals surface area contributed by atoms with Crippen LogP contribution in [-0.2, 0) is 0 Å². The molecule has 2 rings (SSSR count). The Balaban J connectivity index is 2.46. The number of fused-ring (bicyclic) bond motifs is 1. The van der Waals surface area contributed by atoms with E-state index in [4.69, 9.17) is 4.74 Å². The molecule has 2 nitrogen and oxygen atoms in total. The molecule has 0 aliphatic heterocycles. The van der Waals surface area contributed by atoms with Crippen molar-refractivity contribution in [3.8, 4) is 5.75 Å². The second-order valence-corrected chi connectivity index (χ2v) is 2.94. The topological polar surface area (TPSA) is 25.0 Å². The Morgan fingerprint density at radius 2 is 2.25 bits per heavy atom. The average molecular weight is 226 g/mol. The summed E-state index contributed by atoms with van der Waals surface area (Å²) in [6.07, 6.45) is 1.92. The zero-order valence-electron chi connectivity index (χ0n) is 6.38. The monoisotopic (exact) mass is 225 g/mol. The number of hydrogen-bond donors (Lipinski definition) is 1. The van der Waals surface area contributed by atoms with Crippen LogP contribution in [0.3, 0.4) is 0 Å². The van der Waals surface area contributed by atoms with E-state index in [0.29, 0.717) is 5.52 Å². The summed E-state index contributed by atoms with van der Waals surface area (Å²) in [7, 11) is 0. The zero-order chi connectivity index (χ0) is 8.39. The molecule has 3 heteroatoms. The van der Waals surface area contributed by atoms with E-state index in [1.807, 2.05) is 30.5 Å². The molecule has 1 N–H and O–H groups in total. The van der Waals surface area contributed by atoms with Gasteiger partial charge in [0.2, 0.25) is 0 Å². The van der Waals surface area contributed by atoms with Gasteiger partial charge in [-0.2, -0.15) is 0 Å². The number of alkyl halides is 1. The molecule has 0 bridgehead atoms. The van der Waals surface area contributed by atoms with Gasteiger partial charge in [-0.1, -0.05) is 0 Å². The van der Waals surface area contributed by atoms with Gasteiger partial charge >= 0.3 is 0 Å². The summed E-state index contributed by atoms with van der Waals surface area (Å²) in [6.45, 7) is 0. The third-order valence-electron chi connectivity index (χ3n) is 1.75. The lowest BCUT2D eigenvalue weighted by atomic mass is 10.2. The minimum absolute atomic E-state index is 0.531. The van der Waals surface area contributed by atoms with E-state index in [-0.39, 0.29) is 0 Å². The summed E-state index contributed by atoms with van der Waals surface area (Å²) in [6, 6.07) is 7.98. The molecule has 0 aliphatic rings. The summed E-state index contributed by atoms with van der Waals surface area (Å²) in [5.41, 5.74) is 1.67. The maximum atomic E-state index is 5.29. The predicted octanol–water partition coefficient (Wildman–Crippen LogP) is 2.90. The van der Waals surface area contributed by atoms with Crippen LogP contribution in [-0.4, -0.2) is 10.5 Å². The van der Waals surface area contributed by atoms with E-state index in [1.54, 1.807) is 0 Å². The van der Waals surface area contributed by atoms with Crippen molar-refractivity contribution in [3.05, 3.63) is 30.5 Å². The van der Waals surface area contributed by atoms with Gasteiger partial charge in [0.05, 0.1) is 0 Å². The molecule has 62 valence electrons. The maximum Gasteiger partial charge on any atom is 0.143 e. The van der Waals surface area contributed by atoms with Crippen LogP contribution in [0.1, 0.15) is 0 Å². The van der Waals surface area contributed by atoms with Crippen molar-refractivity contribution in [1.82, 2.24) is 4.98 Å². The third-order valence-corrected chi connectivity index (χ3v) is 1.97. The second-order valence-electron chi connectivity index (χ2n) is 2.48. The summed E-state index contributed by atoms with van der Waals surface area (Å²) >= 11 is 3.21. The number of nitrogens with one attached hydrogen (secondary N) is 1. The molecule has 0 unspecified atom stereocenters. The molecular weight excluding hydrogens is 218 g/mol. The van der Waals surface area contributed by atoms with Crippen LogP contribution in [0.25, 0.3) is 10.9 Å². The van der Waals surface area contributed by atoms with Crippen molar-refractivity contribution in [1.29, 1.82) is 0 Å². The Hall–Kier alpha value is -0.960. The fraction of sp³-hybridized carbons (Fsp3) is 0.111. The first-order valence-electron chi connectivity index (χ1n) is 3.66. The van der Waals surface area contributed by atoms with Crippen LogP contribution >= 0.6 is 15.9 Å². The lowest BCUT2D eigenvalue weighted by molar-refractivity contribution is 0.398. The van der Waals surface area contributed by atoms with Crippen LogP contribution in [0.5, 0.6) is 5.75 Å². The number of aromatic nitrogens is 1. The van der Waals surface area contributed by atoms with Crippen molar-refractivity contribution in [2.45, 2.75) is 0 Å². The lowest BCUT2D eigenvalue weighted by Gasteiger charge is -2.00. The van der Waals surface area contributed by atoms with Gasteiger partial charge in [0.25, 0.3) is 0 Å². The lowest BCUT2D eigenvalue weighted by Crippen LogP contribution is -1.86. The normalized spacial score (nSPS) is 10.4. The van der Waals surface area contributed by atoms with Gasteiger partial charge in [0.1, 0.15) is 11.3 Å². The number of rotatable bonds is 2. The van der Waals surface area contributed by atoms with E-state index < -0.39 is 0 Å². The third kappa shape index (κ3) is 1.32. The van der Waals surface area contributed by atoms with E-state index >= 15 is 0 Å². The Labute approximate surface area is 78.7 Å². The zero-order valence-corrected chi connectivity index (χ0v) is 7.97. The Kier molecular flexibility index (Phi) is 2.04. The highest BCUT2D eigenvalue weighted by Gasteiger charge is 1.96. The van der Waals surface area contributed by atoms with Gasteiger partial charge in [-0.05, 0) is 40.2 Å². The SMILES string of the molecule is BrCOc1ccc2[nH]ccc2c1. The van der Waals surface area contributed by atoms with Crippen LogP contribution < -0.4 is 4.74 Å². The van der Waals surface area contributed by atoms with Crippen molar-refractivity contribution in [3.63, 3.8) is 0 Å². The highest BCUT2D eigenvalue weighted by Crippen LogP contribution is 2.19. The van der Waals surface area contributed by atoms with E-state index in [1.165, 1.54) is 5.39 Å². The van der Waals surface area contributed by atoms with Gasteiger partial charge in [0.15, 0.2) is 0 Å². The summed E-state index contributed by atoms with van der Waals surface area (Å²) < 4.78 is 5.29. The highest BCUT2D eigenvalue weighted by molar-refractivity contribution is 9.09. The van der Waals surface area contributed by atoms with Crippen molar-refractivity contribution in [2.75, 3.05) is 5.52 Å². The molecule has 1 aromatic carbocycles. The summed E-state index contributed by atoms with van der Waals surface area (Å²) in [4.78, 5) is 3.12. The maximum absolute atomic E-state index is 5.29. The van der Waals surface area contributed by atoms with Crippen molar-refractivity contribution >= 4 is 26.8 Å². The fourth-order valence-electron chi connectivity index (χ4n) is 1.18. The first-order chi connectivity index (χ1) is 5.90. The Morgan fingerprint density at radius 3 is 3.08 bits per heavy atom. The minimum atomic E-state index is 0.531. The predicted molar refractivity (Wildman–Crippen MR) is 52.7 cm³/mol. The van der Waals surface area contributed by atoms with Gasteiger partial charge in [-0.25, -0.2) is 0 Å². The van der Waals surface area contributed by atoms with Crippen LogP contribution in [0.15, 0.2) is 30.5 Å². The summed E-state index contributed by atoms with van der Waals surface area (Å²) in [5, 5.41) is 1.17. The molecule has 1 heterocycles. The largest absolute Gasteiger partial charge is 0.482 e. The van der Waals surface area contributed by atoms with Gasteiger partial charge in [-0.15, -0.1) is 0 Å². The molecule has 1 aromatic heterocycles. The average Bonchev–Trinajstić information content (AvgIpc) is 2.51. The van der Waals surface area contributed by atoms with Gasteiger partial charge in [-0.3, -0.25) is 0 Å². The Morgan fingerprint density at radius 1 is 1.33 bits per heavy atom. The number of ether oxygens (including phenoxy) is 1. The highest BCUT2D eigenvalue weighted by atomic mass is 79.9. The van der Waals surface area contributed by atoms with Crippen LogP contribution in [0.2, 0.25) is 0 Å². The molecule has 0 atom stereocenters. The Bertz CT molecular complexity index is 383. The van der Waals surface area contributed by atoms with E-state index in [0.717, 1.165) is 11.3 Å². The fourth-order valence-corrected chi connectivity index (χ4v) is 1.45. The molecule has 2 aromatic rings. The molecule has 0 saturated heterocycles. The molecule has 12 heavy (non-hydrogen) atoms. The van der Waals surface area contributed by atoms with Crippen molar-refractivity contribution in [2.24, 2.45) is 0 Å². The smallest absolute Gasteiger partial charge is 0.143 e. The number of H-pyrrole nitrogens is 1. The number of halogens is 1. The van der Waals surface area contributed by atoms with Crippen molar-refractivity contribution < 1.29 is 4.74 Å². The first kappa shape index (κ1) is 7.68. The molecule has 0 radical (unpaired) electrons. The molecule has 0 aliphatic carbocycles. The standard InChI is InChI=1S/C9H8BrNO/c10-6-12-8-1-2-9-7(5-8)3-4-11-9/h1-5,11H,6H2. The molecule has 0 saturated carbocycles. The summed E-state index contributed by atoms with van der Waals surface area (Å²) in [5.74, 6) is 0.888. The van der Waals surface area contributed by atoms with Gasteiger partial charge < -0.3 is 9.72 Å². The second kappa shape index (κ2) is 3.19. The molecular formula is C9H8BrNO. The van der Waals surface area contributed by atoms with Crippen LogP contribution in [0.4, 0.5) is 0 Å². The van der Waals surface area contributed by atoms with E-state index in [9.17, 15) is 0 Å². The first-order valence-corrected chi connectivity index (χ1v) is 4.78. The number of hydrogen-bond acceptors (Lipinski definition) is 1. The molecule has 0 spiro atoms. The van der Waals surface area contributed by atoms with Gasteiger partial charge in [0, 0.05) is 17.1 Å². The molecule has 0 amide bonds. The number of aromatic amines is 1. The number of benzene rings is 1. The molecule has 0 fully saturated rings. The minimum Gasteiger partial charge on any atom is -0.482 e. The quantitative estimate of drug-likeness (QED) is 0.782.